The Morgan fingerprint density at radius 1 is 1.05 bits per heavy atom. The van der Waals surface area contributed by atoms with E-state index in [0.29, 0.717) is 0 Å². The molecule has 3 aliphatic rings. The highest BCUT2D eigenvalue weighted by molar-refractivity contribution is 5.85. The van der Waals surface area contributed by atoms with Crippen LogP contribution in [-0.2, 0) is 6.54 Å². The summed E-state index contributed by atoms with van der Waals surface area (Å²) in [5, 5.41) is 3.77. The number of benzene rings is 1. The maximum Gasteiger partial charge on any atom is 0.0234 e. The second kappa shape index (κ2) is 6.05. The molecule has 2 saturated heterocycles. The zero-order valence-electron chi connectivity index (χ0n) is 12.1. The Morgan fingerprint density at radius 2 is 1.90 bits per heavy atom. The highest BCUT2D eigenvalue weighted by atomic mass is 35.5. The number of rotatable bonds is 3. The van der Waals surface area contributed by atoms with Gasteiger partial charge in [-0.25, -0.2) is 0 Å². The minimum absolute atomic E-state index is 0. The normalized spacial score (nSPS) is 29.8. The van der Waals surface area contributed by atoms with E-state index >= 15 is 0 Å². The smallest absolute Gasteiger partial charge is 0.0234 e. The first kappa shape index (κ1) is 14.4. The summed E-state index contributed by atoms with van der Waals surface area (Å²) in [6.07, 6.45) is 6.92. The first-order valence-corrected chi connectivity index (χ1v) is 7.94. The predicted molar refractivity (Wildman–Crippen MR) is 85.5 cm³/mol. The largest absolute Gasteiger partial charge is 0.310 e. The van der Waals surface area contributed by atoms with Gasteiger partial charge in [-0.15, -0.1) is 12.4 Å². The number of fused-ring (bicyclic) bond motifs is 2. The molecule has 3 heteroatoms. The molecule has 2 aliphatic heterocycles. The predicted octanol–water partition coefficient (Wildman–Crippen LogP) is 3.31. The average Bonchev–Trinajstić information content (AvgIpc) is 3.18. The molecule has 1 N–H and O–H groups in total. The van der Waals surface area contributed by atoms with E-state index < -0.39 is 0 Å². The monoisotopic (exact) mass is 292 g/mol. The van der Waals surface area contributed by atoms with Gasteiger partial charge in [0.05, 0.1) is 0 Å². The lowest BCUT2D eigenvalue weighted by Crippen LogP contribution is -2.34. The maximum absolute atomic E-state index is 3.77. The summed E-state index contributed by atoms with van der Waals surface area (Å²) in [5.74, 6) is 0.877. The third kappa shape index (κ3) is 3.19. The lowest BCUT2D eigenvalue weighted by Gasteiger charge is -2.24. The van der Waals surface area contributed by atoms with Gasteiger partial charge < -0.3 is 5.32 Å². The van der Waals surface area contributed by atoms with Crippen molar-refractivity contribution in [2.45, 2.75) is 56.7 Å². The van der Waals surface area contributed by atoms with E-state index in [1.807, 2.05) is 0 Å². The van der Waals surface area contributed by atoms with E-state index in [-0.39, 0.29) is 12.4 Å². The Hall–Kier alpha value is -0.570. The van der Waals surface area contributed by atoms with Crippen LogP contribution in [0.2, 0.25) is 0 Å². The molecular weight excluding hydrogens is 268 g/mol. The topological polar surface area (TPSA) is 15.3 Å². The zero-order chi connectivity index (χ0) is 12.7. The molecular formula is C17H25ClN2. The number of nitrogens with one attached hydrogen (secondary N) is 1. The van der Waals surface area contributed by atoms with Crippen LogP contribution in [0.15, 0.2) is 24.3 Å². The second-order valence-electron chi connectivity index (χ2n) is 6.68. The Balaban J connectivity index is 0.00000121. The first-order chi connectivity index (χ1) is 9.37. The number of hydrogen-bond acceptors (Lipinski definition) is 2. The van der Waals surface area contributed by atoms with Crippen LogP contribution in [-0.4, -0.2) is 30.1 Å². The van der Waals surface area contributed by atoms with E-state index in [9.17, 15) is 0 Å². The van der Waals surface area contributed by atoms with Crippen molar-refractivity contribution in [1.82, 2.24) is 10.2 Å². The van der Waals surface area contributed by atoms with Crippen LogP contribution >= 0.6 is 12.4 Å². The molecule has 2 heterocycles. The fourth-order valence-electron chi connectivity index (χ4n) is 3.78. The molecule has 2 nitrogen and oxygen atoms in total. The van der Waals surface area contributed by atoms with Gasteiger partial charge in [-0.3, -0.25) is 4.90 Å². The van der Waals surface area contributed by atoms with Crippen molar-refractivity contribution < 1.29 is 0 Å². The van der Waals surface area contributed by atoms with Gasteiger partial charge in [0.2, 0.25) is 0 Å². The Labute approximate surface area is 128 Å². The summed E-state index contributed by atoms with van der Waals surface area (Å²) in [5.41, 5.74) is 3.09. The molecule has 0 spiro atoms. The molecule has 1 saturated carbocycles. The van der Waals surface area contributed by atoms with Crippen LogP contribution in [0.1, 0.15) is 49.1 Å². The van der Waals surface area contributed by atoms with E-state index in [0.717, 1.165) is 24.5 Å². The van der Waals surface area contributed by atoms with Gasteiger partial charge in [0.15, 0.2) is 0 Å². The molecule has 1 aromatic rings. The van der Waals surface area contributed by atoms with Gasteiger partial charge >= 0.3 is 0 Å². The van der Waals surface area contributed by atoms with Crippen LogP contribution in [0.4, 0.5) is 0 Å². The zero-order valence-corrected chi connectivity index (χ0v) is 12.9. The van der Waals surface area contributed by atoms with E-state index in [1.165, 1.54) is 50.8 Å². The average molecular weight is 293 g/mol. The lowest BCUT2D eigenvalue weighted by atomic mass is 10.1. The van der Waals surface area contributed by atoms with E-state index in [2.05, 4.69) is 34.5 Å². The molecule has 0 amide bonds. The number of nitrogens with zero attached hydrogens (tertiary/aromatic N) is 1. The molecule has 4 rings (SSSR count). The third-order valence-electron chi connectivity index (χ3n) is 5.01. The van der Waals surface area contributed by atoms with Crippen molar-refractivity contribution in [2.24, 2.45) is 0 Å². The summed E-state index contributed by atoms with van der Waals surface area (Å²) in [4.78, 5) is 2.66. The number of likely N-dealkylation sites (tertiary alicyclic amines) is 1. The molecule has 0 aromatic heterocycles. The maximum atomic E-state index is 3.77. The van der Waals surface area contributed by atoms with Crippen molar-refractivity contribution in [1.29, 1.82) is 0 Å². The fraction of sp³-hybridized carbons (Fsp3) is 0.647. The summed E-state index contributed by atoms with van der Waals surface area (Å²) in [7, 11) is 0. The molecule has 1 aliphatic carbocycles. The Morgan fingerprint density at radius 3 is 2.75 bits per heavy atom. The summed E-state index contributed by atoms with van der Waals surface area (Å²) >= 11 is 0. The lowest BCUT2D eigenvalue weighted by molar-refractivity contribution is 0.251. The molecule has 2 atom stereocenters. The molecule has 2 bridgehead atoms. The summed E-state index contributed by atoms with van der Waals surface area (Å²) in [6.45, 7) is 3.65. The van der Waals surface area contributed by atoms with E-state index in [4.69, 9.17) is 0 Å². The van der Waals surface area contributed by atoms with Gasteiger partial charge in [0.1, 0.15) is 0 Å². The van der Waals surface area contributed by atoms with Crippen molar-refractivity contribution in [3.8, 4) is 0 Å². The molecule has 3 fully saturated rings. The first-order valence-electron chi connectivity index (χ1n) is 7.94. The van der Waals surface area contributed by atoms with Gasteiger partial charge in [-0.05, 0) is 49.1 Å². The summed E-state index contributed by atoms with van der Waals surface area (Å²) < 4.78 is 0. The fourth-order valence-corrected chi connectivity index (χ4v) is 3.78. The summed E-state index contributed by atoms with van der Waals surface area (Å²) in [6, 6.07) is 10.9. The van der Waals surface area contributed by atoms with Crippen LogP contribution < -0.4 is 5.32 Å². The molecule has 2 unspecified atom stereocenters. The van der Waals surface area contributed by atoms with Crippen LogP contribution in [0.3, 0.4) is 0 Å². The molecule has 110 valence electrons. The molecule has 20 heavy (non-hydrogen) atoms. The van der Waals surface area contributed by atoms with Crippen molar-refractivity contribution in [2.75, 3.05) is 13.1 Å². The van der Waals surface area contributed by atoms with Gasteiger partial charge in [0.25, 0.3) is 0 Å². The van der Waals surface area contributed by atoms with Crippen molar-refractivity contribution in [3.05, 3.63) is 35.4 Å². The standard InChI is InChI=1S/C17H24N2.ClH/c1-2-13(10-15(3-1)14-4-5-14)11-19-9-8-16-6-7-17(12-19)18-16;/h1-3,10,14,16-18H,4-9,11-12H2;1H. The van der Waals surface area contributed by atoms with Crippen molar-refractivity contribution >= 4 is 12.4 Å². The third-order valence-corrected chi connectivity index (χ3v) is 5.01. The second-order valence-corrected chi connectivity index (χ2v) is 6.68. The Bertz CT molecular complexity index is 458. The molecule has 0 radical (unpaired) electrons. The number of hydrogen-bond donors (Lipinski definition) is 1. The minimum Gasteiger partial charge on any atom is -0.310 e. The quantitative estimate of drug-likeness (QED) is 0.919. The highest BCUT2D eigenvalue weighted by Gasteiger charge is 2.29. The van der Waals surface area contributed by atoms with Gasteiger partial charge in [0, 0.05) is 31.7 Å². The molecule has 1 aromatic carbocycles. The minimum atomic E-state index is 0. The van der Waals surface area contributed by atoms with Gasteiger partial charge in [-0.2, -0.15) is 0 Å². The van der Waals surface area contributed by atoms with Crippen molar-refractivity contribution in [3.63, 3.8) is 0 Å². The van der Waals surface area contributed by atoms with Gasteiger partial charge in [-0.1, -0.05) is 24.3 Å². The SMILES string of the molecule is Cl.c1cc(CN2CCC3CCC(C2)N3)cc(C2CC2)c1. The Kier molecular flexibility index (Phi) is 4.34. The highest BCUT2D eigenvalue weighted by Crippen LogP contribution is 2.40. The van der Waals surface area contributed by atoms with E-state index in [1.54, 1.807) is 5.56 Å². The van der Waals surface area contributed by atoms with Crippen LogP contribution in [0, 0.1) is 0 Å². The van der Waals surface area contributed by atoms with Crippen LogP contribution in [0.25, 0.3) is 0 Å². The van der Waals surface area contributed by atoms with Crippen LogP contribution in [0.5, 0.6) is 0 Å². The number of halogens is 1.